The number of carbonyl (C=O) groups is 1. The molecule has 1 aliphatic rings. The van der Waals surface area contributed by atoms with Crippen molar-refractivity contribution in [3.63, 3.8) is 0 Å². The summed E-state index contributed by atoms with van der Waals surface area (Å²) >= 11 is 5.84. The predicted molar refractivity (Wildman–Crippen MR) is 66.8 cm³/mol. The largest absolute Gasteiger partial charge is 0.348 e. The van der Waals surface area contributed by atoms with Crippen molar-refractivity contribution in [1.29, 1.82) is 0 Å². The van der Waals surface area contributed by atoms with Gasteiger partial charge in [-0.25, -0.2) is 0 Å². The Morgan fingerprint density at radius 3 is 2.50 bits per heavy atom. The first-order chi connectivity index (χ1) is 7.66. The van der Waals surface area contributed by atoms with E-state index in [1.54, 1.807) is 6.08 Å². The molecule has 1 aliphatic carbocycles. The van der Waals surface area contributed by atoms with Gasteiger partial charge in [-0.15, -0.1) is 0 Å². The van der Waals surface area contributed by atoms with Crippen LogP contribution in [0.2, 0.25) is 5.02 Å². The minimum atomic E-state index is 0.224. The molecule has 1 aromatic carbocycles. The van der Waals surface area contributed by atoms with E-state index in [0.717, 1.165) is 29.2 Å². The van der Waals surface area contributed by atoms with Crippen LogP contribution in [0.5, 0.6) is 0 Å². The number of nitrogens with zero attached hydrogens (tertiary/aromatic N) is 1. The van der Waals surface area contributed by atoms with Crippen molar-refractivity contribution in [1.82, 2.24) is 0 Å². The van der Waals surface area contributed by atoms with Crippen LogP contribution < -0.4 is 4.90 Å². The number of hydrogen-bond donors (Lipinski definition) is 0. The van der Waals surface area contributed by atoms with Crippen LogP contribution in [0, 0.1) is 0 Å². The Kier molecular flexibility index (Phi) is 3.30. The number of benzene rings is 1. The fraction of sp³-hybridized carbons (Fsp3) is 0.308. The number of carbonyl (C=O) groups excluding carboxylic acids is 1. The first-order valence-corrected chi connectivity index (χ1v) is 5.77. The highest BCUT2D eigenvalue weighted by Crippen LogP contribution is 2.25. The molecule has 0 heterocycles. The molecule has 0 bridgehead atoms. The highest BCUT2D eigenvalue weighted by atomic mass is 35.5. The molecular weight excluding hydrogens is 222 g/mol. The Morgan fingerprint density at radius 1 is 1.19 bits per heavy atom. The van der Waals surface area contributed by atoms with Crippen molar-refractivity contribution in [2.45, 2.75) is 19.3 Å². The van der Waals surface area contributed by atoms with Crippen LogP contribution >= 0.6 is 11.6 Å². The van der Waals surface area contributed by atoms with Gasteiger partial charge in [-0.2, -0.15) is 0 Å². The summed E-state index contributed by atoms with van der Waals surface area (Å²) in [5.41, 5.74) is 2.14. The first kappa shape index (κ1) is 11.2. The van der Waals surface area contributed by atoms with E-state index in [9.17, 15) is 4.79 Å². The average Bonchev–Trinajstić information content (AvgIpc) is 2.29. The summed E-state index contributed by atoms with van der Waals surface area (Å²) in [6.07, 6.45) is 4.34. The molecule has 0 unspecified atom stereocenters. The Bertz CT molecular complexity index is 422. The third kappa shape index (κ3) is 2.45. The van der Waals surface area contributed by atoms with Crippen molar-refractivity contribution in [3.8, 4) is 0 Å². The zero-order chi connectivity index (χ0) is 11.5. The van der Waals surface area contributed by atoms with E-state index in [0.29, 0.717) is 6.42 Å². The van der Waals surface area contributed by atoms with Gasteiger partial charge in [0, 0.05) is 36.0 Å². The van der Waals surface area contributed by atoms with Crippen molar-refractivity contribution >= 4 is 23.1 Å². The molecular formula is C13H14ClNO. The summed E-state index contributed by atoms with van der Waals surface area (Å²) in [4.78, 5) is 13.4. The maximum absolute atomic E-state index is 11.3. The Morgan fingerprint density at radius 2 is 1.88 bits per heavy atom. The third-order valence-corrected chi connectivity index (χ3v) is 3.08. The van der Waals surface area contributed by atoms with E-state index in [1.807, 2.05) is 36.2 Å². The Labute approximate surface area is 101 Å². The molecule has 2 nitrogen and oxygen atoms in total. The summed E-state index contributed by atoms with van der Waals surface area (Å²) in [5, 5.41) is 0.728. The molecule has 0 fully saturated rings. The molecule has 0 saturated heterocycles. The summed E-state index contributed by atoms with van der Waals surface area (Å²) in [7, 11) is 1.98. The lowest BCUT2D eigenvalue weighted by Gasteiger charge is -2.24. The van der Waals surface area contributed by atoms with Crippen LogP contribution in [0.15, 0.2) is 36.0 Å². The molecule has 3 heteroatoms. The molecule has 0 radical (unpaired) electrons. The average molecular weight is 236 g/mol. The Balaban J connectivity index is 2.21. The summed E-state index contributed by atoms with van der Waals surface area (Å²) < 4.78 is 0. The van der Waals surface area contributed by atoms with Gasteiger partial charge in [-0.1, -0.05) is 11.6 Å². The SMILES string of the molecule is CN(C1=CC(=O)CCC1)c1ccc(Cl)cc1. The molecule has 16 heavy (non-hydrogen) atoms. The number of ketones is 1. The fourth-order valence-electron chi connectivity index (χ4n) is 1.87. The molecule has 1 aromatic rings. The minimum Gasteiger partial charge on any atom is -0.348 e. The van der Waals surface area contributed by atoms with Gasteiger partial charge in [0.15, 0.2) is 5.78 Å². The maximum Gasteiger partial charge on any atom is 0.157 e. The van der Waals surface area contributed by atoms with Crippen LogP contribution in [0.25, 0.3) is 0 Å². The number of rotatable bonds is 2. The lowest BCUT2D eigenvalue weighted by Crippen LogP contribution is -2.20. The lowest BCUT2D eigenvalue weighted by atomic mass is 10.0. The van der Waals surface area contributed by atoms with Gasteiger partial charge >= 0.3 is 0 Å². The molecule has 0 spiro atoms. The standard InChI is InChI=1S/C13H14ClNO/c1-15(11-7-5-10(14)6-8-11)12-3-2-4-13(16)9-12/h5-9H,2-4H2,1H3. The van der Waals surface area contributed by atoms with Gasteiger partial charge < -0.3 is 4.90 Å². The van der Waals surface area contributed by atoms with Gasteiger partial charge in [0.05, 0.1) is 0 Å². The molecule has 0 atom stereocenters. The summed E-state index contributed by atoms with van der Waals surface area (Å²) in [6.45, 7) is 0. The molecule has 2 rings (SSSR count). The van der Waals surface area contributed by atoms with Crippen molar-refractivity contribution < 1.29 is 4.79 Å². The van der Waals surface area contributed by atoms with E-state index >= 15 is 0 Å². The zero-order valence-corrected chi connectivity index (χ0v) is 10.00. The van der Waals surface area contributed by atoms with Crippen LogP contribution in [0.3, 0.4) is 0 Å². The van der Waals surface area contributed by atoms with Gasteiger partial charge in [-0.3, -0.25) is 4.79 Å². The van der Waals surface area contributed by atoms with Crippen LogP contribution in [-0.2, 0) is 4.79 Å². The van der Waals surface area contributed by atoms with Gasteiger partial charge in [-0.05, 0) is 37.1 Å². The van der Waals surface area contributed by atoms with Gasteiger partial charge in [0.1, 0.15) is 0 Å². The van der Waals surface area contributed by atoms with E-state index in [-0.39, 0.29) is 5.78 Å². The molecule has 0 N–H and O–H groups in total. The lowest BCUT2D eigenvalue weighted by molar-refractivity contribution is -0.115. The van der Waals surface area contributed by atoms with Crippen molar-refractivity contribution in [2.75, 3.05) is 11.9 Å². The number of allylic oxidation sites excluding steroid dienone is 2. The third-order valence-electron chi connectivity index (χ3n) is 2.83. The normalized spacial score (nSPS) is 15.9. The molecule has 0 aromatic heterocycles. The van der Waals surface area contributed by atoms with E-state index in [4.69, 9.17) is 11.6 Å². The predicted octanol–water partition coefficient (Wildman–Crippen LogP) is 3.41. The van der Waals surface area contributed by atoms with Crippen LogP contribution in [-0.4, -0.2) is 12.8 Å². The number of hydrogen-bond acceptors (Lipinski definition) is 2. The smallest absolute Gasteiger partial charge is 0.157 e. The van der Waals surface area contributed by atoms with E-state index < -0.39 is 0 Å². The molecule has 84 valence electrons. The molecule has 0 saturated carbocycles. The van der Waals surface area contributed by atoms with Crippen molar-refractivity contribution in [2.24, 2.45) is 0 Å². The summed E-state index contributed by atoms with van der Waals surface area (Å²) in [5.74, 6) is 0.224. The monoisotopic (exact) mass is 235 g/mol. The quantitative estimate of drug-likeness (QED) is 0.783. The number of anilines is 1. The highest BCUT2D eigenvalue weighted by molar-refractivity contribution is 6.30. The first-order valence-electron chi connectivity index (χ1n) is 5.39. The zero-order valence-electron chi connectivity index (χ0n) is 9.24. The Hall–Kier alpha value is -1.28. The minimum absolute atomic E-state index is 0.224. The fourth-order valence-corrected chi connectivity index (χ4v) is 1.99. The second-order valence-corrected chi connectivity index (χ2v) is 4.43. The molecule has 0 aliphatic heterocycles. The number of halogens is 1. The van der Waals surface area contributed by atoms with Gasteiger partial charge in [0.2, 0.25) is 0 Å². The van der Waals surface area contributed by atoms with Crippen LogP contribution in [0.4, 0.5) is 5.69 Å². The van der Waals surface area contributed by atoms with E-state index in [2.05, 4.69) is 0 Å². The summed E-state index contributed by atoms with van der Waals surface area (Å²) in [6, 6.07) is 7.64. The topological polar surface area (TPSA) is 20.3 Å². The highest BCUT2D eigenvalue weighted by Gasteiger charge is 2.14. The van der Waals surface area contributed by atoms with Crippen molar-refractivity contribution in [3.05, 3.63) is 41.1 Å². The van der Waals surface area contributed by atoms with Crippen LogP contribution in [0.1, 0.15) is 19.3 Å². The molecule has 0 amide bonds. The second-order valence-electron chi connectivity index (χ2n) is 3.99. The van der Waals surface area contributed by atoms with E-state index in [1.165, 1.54) is 0 Å². The second kappa shape index (κ2) is 4.71. The maximum atomic E-state index is 11.3. The van der Waals surface area contributed by atoms with Gasteiger partial charge in [0.25, 0.3) is 0 Å².